The second kappa shape index (κ2) is 12.7. The molecule has 0 aromatic carbocycles. The topological polar surface area (TPSA) is 123 Å². The van der Waals surface area contributed by atoms with Crippen LogP contribution < -0.4 is 10.6 Å². The average Bonchev–Trinajstić information content (AvgIpc) is 2.45. The highest BCUT2D eigenvalue weighted by atomic mass is 16.6. The van der Waals surface area contributed by atoms with E-state index in [9.17, 15) is 14.4 Å². The first-order valence-corrected chi connectivity index (χ1v) is 7.14. The number of carboxylic acids is 1. The van der Waals surface area contributed by atoms with E-state index in [-0.39, 0.29) is 26.2 Å². The number of aliphatic carboxylic acids is 1. The van der Waals surface area contributed by atoms with E-state index in [2.05, 4.69) is 10.6 Å². The van der Waals surface area contributed by atoms with Crippen LogP contribution in [0.1, 0.15) is 26.7 Å². The normalized spacial score (nSPS) is 10.1. The van der Waals surface area contributed by atoms with Crippen molar-refractivity contribution < 1.29 is 33.7 Å². The molecule has 0 rings (SSSR count). The Kier molecular flexibility index (Phi) is 11.5. The van der Waals surface area contributed by atoms with Crippen LogP contribution in [0.25, 0.3) is 0 Å². The number of ether oxygens (including phenoxy) is 3. The lowest BCUT2D eigenvalue weighted by Crippen LogP contribution is -2.34. The van der Waals surface area contributed by atoms with Gasteiger partial charge in [0, 0.05) is 26.1 Å². The smallest absolute Gasteiger partial charge is 0.407 e. The van der Waals surface area contributed by atoms with Crippen LogP contribution in [0.4, 0.5) is 9.59 Å². The lowest BCUT2D eigenvalue weighted by Gasteiger charge is -2.18. The van der Waals surface area contributed by atoms with Crippen LogP contribution in [0.2, 0.25) is 0 Å². The van der Waals surface area contributed by atoms with Gasteiger partial charge in [0.25, 0.3) is 0 Å². The molecule has 9 heteroatoms. The fourth-order valence-corrected chi connectivity index (χ4v) is 1.35. The summed E-state index contributed by atoms with van der Waals surface area (Å²) in [7, 11) is 0. The molecule has 0 bridgehead atoms. The first-order chi connectivity index (χ1) is 10.5. The van der Waals surface area contributed by atoms with Gasteiger partial charge in [0.15, 0.2) is 0 Å². The second-order valence-corrected chi connectivity index (χ2v) is 4.25. The van der Waals surface area contributed by atoms with Crippen LogP contribution in [0.3, 0.4) is 0 Å². The highest BCUT2D eigenvalue weighted by Gasteiger charge is 2.15. The summed E-state index contributed by atoms with van der Waals surface area (Å²) in [6.45, 7) is 4.32. The minimum atomic E-state index is -0.919. The zero-order valence-corrected chi connectivity index (χ0v) is 12.9. The molecule has 0 aliphatic rings. The molecule has 0 fully saturated rings. The van der Waals surface area contributed by atoms with Crippen molar-refractivity contribution in [3.05, 3.63) is 0 Å². The van der Waals surface area contributed by atoms with Gasteiger partial charge in [-0.25, -0.2) is 9.59 Å². The maximum Gasteiger partial charge on any atom is 0.407 e. The molecule has 0 aromatic rings. The van der Waals surface area contributed by atoms with E-state index in [1.165, 1.54) is 0 Å². The second-order valence-electron chi connectivity index (χ2n) is 4.25. The van der Waals surface area contributed by atoms with Crippen molar-refractivity contribution in [2.24, 2.45) is 0 Å². The summed E-state index contributed by atoms with van der Waals surface area (Å²) >= 11 is 0. The van der Waals surface area contributed by atoms with Crippen LogP contribution in [0.5, 0.6) is 0 Å². The van der Waals surface area contributed by atoms with Crippen LogP contribution in [0, 0.1) is 0 Å². The number of carboxylic acid groups (broad SMARTS) is 1. The molecule has 0 spiro atoms. The molecule has 2 amide bonds. The number of amides is 2. The van der Waals surface area contributed by atoms with Crippen molar-refractivity contribution in [3.63, 3.8) is 0 Å². The van der Waals surface area contributed by atoms with E-state index < -0.39 is 24.3 Å². The highest BCUT2D eigenvalue weighted by molar-refractivity contribution is 5.67. The summed E-state index contributed by atoms with van der Waals surface area (Å²) in [5.41, 5.74) is 0. The summed E-state index contributed by atoms with van der Waals surface area (Å²) in [5, 5.41) is 13.4. The zero-order valence-electron chi connectivity index (χ0n) is 12.9. The molecule has 0 aromatic heterocycles. The van der Waals surface area contributed by atoms with Gasteiger partial charge in [-0.15, -0.1) is 0 Å². The fraction of sp³-hybridized carbons (Fsp3) is 0.769. The first kappa shape index (κ1) is 20.0. The van der Waals surface area contributed by atoms with Crippen LogP contribution in [0.15, 0.2) is 0 Å². The van der Waals surface area contributed by atoms with Crippen molar-refractivity contribution in [1.29, 1.82) is 0 Å². The van der Waals surface area contributed by atoms with Gasteiger partial charge < -0.3 is 30.0 Å². The van der Waals surface area contributed by atoms with Crippen LogP contribution in [-0.2, 0) is 19.0 Å². The van der Waals surface area contributed by atoms with Gasteiger partial charge in [-0.2, -0.15) is 0 Å². The molecule has 0 aliphatic heterocycles. The minimum Gasteiger partial charge on any atom is -0.481 e. The molecule has 0 heterocycles. The van der Waals surface area contributed by atoms with Crippen molar-refractivity contribution in [2.75, 3.05) is 32.9 Å². The Morgan fingerprint density at radius 3 is 1.91 bits per heavy atom. The standard InChI is InChI=1S/C13H24N2O7/c1-3-14-12(18)21-8-10(9-22-13(19)15-4-2)20-7-5-6-11(16)17/h10H,3-9H2,1-2H3,(H,14,18)(H,15,19)(H,16,17). The van der Waals surface area contributed by atoms with Gasteiger partial charge in [0.05, 0.1) is 0 Å². The lowest BCUT2D eigenvalue weighted by molar-refractivity contribution is -0.137. The molecule has 3 N–H and O–H groups in total. The Hall–Kier alpha value is -2.03. The Morgan fingerprint density at radius 2 is 1.50 bits per heavy atom. The monoisotopic (exact) mass is 320 g/mol. The molecule has 0 atom stereocenters. The molecule has 128 valence electrons. The fourth-order valence-electron chi connectivity index (χ4n) is 1.35. The van der Waals surface area contributed by atoms with E-state index in [0.717, 1.165) is 0 Å². The van der Waals surface area contributed by atoms with Crippen molar-refractivity contribution in [1.82, 2.24) is 10.6 Å². The quantitative estimate of drug-likeness (QED) is 0.479. The number of alkyl carbamates (subject to hydrolysis) is 2. The third kappa shape index (κ3) is 11.8. The number of carbonyl (C=O) groups excluding carboxylic acids is 2. The molecule has 0 saturated heterocycles. The van der Waals surface area contributed by atoms with Gasteiger partial charge in [0.2, 0.25) is 0 Å². The van der Waals surface area contributed by atoms with Crippen molar-refractivity contribution >= 4 is 18.2 Å². The summed E-state index contributed by atoms with van der Waals surface area (Å²) in [5.74, 6) is -0.919. The van der Waals surface area contributed by atoms with Crippen molar-refractivity contribution in [2.45, 2.75) is 32.8 Å². The Labute approximate surface area is 129 Å². The van der Waals surface area contributed by atoms with Gasteiger partial charge in [-0.1, -0.05) is 0 Å². The molecule has 9 nitrogen and oxygen atoms in total. The molecule has 0 radical (unpaired) electrons. The maximum atomic E-state index is 11.2. The molecule has 0 saturated carbocycles. The summed E-state index contributed by atoms with van der Waals surface area (Å²) in [6, 6.07) is 0. The molecule has 0 aliphatic carbocycles. The zero-order chi connectivity index (χ0) is 16.8. The number of hydrogen-bond acceptors (Lipinski definition) is 6. The average molecular weight is 320 g/mol. The third-order valence-electron chi connectivity index (χ3n) is 2.33. The Bertz CT molecular complexity index is 327. The van der Waals surface area contributed by atoms with E-state index in [1.807, 2.05) is 0 Å². The van der Waals surface area contributed by atoms with E-state index >= 15 is 0 Å². The summed E-state index contributed by atoms with van der Waals surface area (Å²) in [4.78, 5) is 32.8. The number of nitrogens with one attached hydrogen (secondary N) is 2. The van der Waals surface area contributed by atoms with Crippen LogP contribution in [-0.4, -0.2) is 62.3 Å². The van der Waals surface area contributed by atoms with Crippen molar-refractivity contribution in [3.8, 4) is 0 Å². The maximum absolute atomic E-state index is 11.2. The van der Waals surface area contributed by atoms with Gasteiger partial charge >= 0.3 is 18.2 Å². The predicted molar refractivity (Wildman–Crippen MR) is 76.7 cm³/mol. The molecule has 22 heavy (non-hydrogen) atoms. The molecule has 0 unspecified atom stereocenters. The summed E-state index contributed by atoms with van der Waals surface area (Å²) < 4.78 is 15.2. The number of rotatable bonds is 11. The third-order valence-corrected chi connectivity index (χ3v) is 2.33. The van der Waals surface area contributed by atoms with Gasteiger partial charge in [0.1, 0.15) is 19.3 Å². The Balaban J connectivity index is 4.14. The summed E-state index contributed by atoms with van der Waals surface area (Å²) in [6.07, 6.45) is -1.56. The predicted octanol–water partition coefficient (Wildman–Crippen LogP) is 0.729. The lowest BCUT2D eigenvalue weighted by atomic mass is 10.3. The highest BCUT2D eigenvalue weighted by Crippen LogP contribution is 2.00. The van der Waals surface area contributed by atoms with Crippen LogP contribution >= 0.6 is 0 Å². The molecular formula is C13H24N2O7. The van der Waals surface area contributed by atoms with E-state index in [0.29, 0.717) is 19.5 Å². The van der Waals surface area contributed by atoms with Gasteiger partial charge in [-0.05, 0) is 20.3 Å². The largest absolute Gasteiger partial charge is 0.481 e. The minimum absolute atomic E-state index is 0.0267. The number of hydrogen-bond donors (Lipinski definition) is 3. The SMILES string of the molecule is CCNC(=O)OCC(COC(=O)NCC)OCCCC(=O)O. The molecular weight excluding hydrogens is 296 g/mol. The number of carbonyl (C=O) groups is 3. The van der Waals surface area contributed by atoms with E-state index in [4.69, 9.17) is 19.3 Å². The van der Waals surface area contributed by atoms with E-state index in [1.54, 1.807) is 13.8 Å². The Morgan fingerprint density at radius 1 is 1.00 bits per heavy atom. The first-order valence-electron chi connectivity index (χ1n) is 7.14. The van der Waals surface area contributed by atoms with Gasteiger partial charge in [-0.3, -0.25) is 4.79 Å².